The number of rotatable bonds is 9. The van der Waals surface area contributed by atoms with E-state index in [4.69, 9.17) is 27.9 Å². The molecule has 0 aliphatic heterocycles. The van der Waals surface area contributed by atoms with E-state index in [1.54, 1.807) is 11.8 Å². The molecule has 0 saturated heterocycles. The normalized spacial score (nSPS) is 11.9. The van der Waals surface area contributed by atoms with Crippen molar-refractivity contribution in [2.24, 2.45) is 0 Å². The number of carbonyl (C=O) groups is 1. The number of hydrogen-bond donors (Lipinski definition) is 1. The zero-order valence-electron chi connectivity index (χ0n) is 15.9. The number of aryl methyl sites for hydroxylation is 1. The summed E-state index contributed by atoms with van der Waals surface area (Å²) in [7, 11) is 0. The van der Waals surface area contributed by atoms with Crippen LogP contribution < -0.4 is 10.1 Å². The van der Waals surface area contributed by atoms with Crippen molar-refractivity contribution in [3.63, 3.8) is 0 Å². The fourth-order valence-electron chi connectivity index (χ4n) is 2.53. The van der Waals surface area contributed by atoms with Gasteiger partial charge in [0.15, 0.2) is 6.10 Å². The van der Waals surface area contributed by atoms with Gasteiger partial charge in [-0.3, -0.25) is 4.79 Å². The number of hydrogen-bond acceptors (Lipinski definition) is 3. The Bertz CT molecular complexity index is 763. The molecule has 1 atom stereocenters. The maximum Gasteiger partial charge on any atom is 0.261 e. The topological polar surface area (TPSA) is 38.3 Å². The van der Waals surface area contributed by atoms with Crippen LogP contribution in [0.2, 0.25) is 10.0 Å². The van der Waals surface area contributed by atoms with Crippen molar-refractivity contribution in [2.75, 3.05) is 12.3 Å². The maximum absolute atomic E-state index is 12.4. The molecule has 146 valence electrons. The van der Waals surface area contributed by atoms with E-state index in [0.29, 0.717) is 28.8 Å². The summed E-state index contributed by atoms with van der Waals surface area (Å²) >= 11 is 14.0. The molecule has 0 saturated carbocycles. The molecule has 1 N–H and O–H groups in total. The second-order valence-corrected chi connectivity index (χ2v) is 8.18. The van der Waals surface area contributed by atoms with Crippen LogP contribution in [-0.2, 0) is 10.5 Å². The van der Waals surface area contributed by atoms with Gasteiger partial charge in [0.25, 0.3) is 5.91 Å². The van der Waals surface area contributed by atoms with E-state index in [1.165, 1.54) is 0 Å². The van der Waals surface area contributed by atoms with Gasteiger partial charge in [-0.2, -0.15) is 11.8 Å². The molecular weight excluding hydrogens is 401 g/mol. The number of halogens is 2. The molecule has 3 nitrogen and oxygen atoms in total. The predicted octanol–water partition coefficient (Wildman–Crippen LogP) is 5.82. The Kier molecular flexibility index (Phi) is 8.81. The molecule has 0 aliphatic carbocycles. The molecule has 0 spiro atoms. The van der Waals surface area contributed by atoms with E-state index in [1.807, 2.05) is 57.2 Å². The fraction of sp³-hybridized carbons (Fsp3) is 0.381. The van der Waals surface area contributed by atoms with Crippen LogP contribution in [0.1, 0.15) is 30.0 Å². The monoisotopic (exact) mass is 425 g/mol. The van der Waals surface area contributed by atoms with Gasteiger partial charge < -0.3 is 10.1 Å². The van der Waals surface area contributed by atoms with Crippen LogP contribution in [0.25, 0.3) is 0 Å². The summed E-state index contributed by atoms with van der Waals surface area (Å²) in [6.07, 6.45) is 0.121. The second-order valence-electron chi connectivity index (χ2n) is 6.26. The SMILES string of the molecule is CCC(Oc1cccc(C)c1C)C(=O)NCCSCc1c(Cl)cccc1Cl. The van der Waals surface area contributed by atoms with Gasteiger partial charge in [-0.25, -0.2) is 0 Å². The van der Waals surface area contributed by atoms with Gasteiger partial charge in [0, 0.05) is 28.1 Å². The summed E-state index contributed by atoms with van der Waals surface area (Å²) in [6, 6.07) is 11.4. The Hall–Kier alpha value is -1.36. The number of ether oxygens (including phenoxy) is 1. The Labute approximate surface area is 175 Å². The third-order valence-corrected chi connectivity index (χ3v) is 6.03. The summed E-state index contributed by atoms with van der Waals surface area (Å²) in [4.78, 5) is 12.4. The van der Waals surface area contributed by atoms with Crippen molar-refractivity contribution in [1.82, 2.24) is 5.32 Å². The van der Waals surface area contributed by atoms with Gasteiger partial charge in [-0.15, -0.1) is 0 Å². The predicted molar refractivity (Wildman–Crippen MR) is 116 cm³/mol. The lowest BCUT2D eigenvalue weighted by molar-refractivity contribution is -0.128. The maximum atomic E-state index is 12.4. The highest BCUT2D eigenvalue weighted by atomic mass is 35.5. The quantitative estimate of drug-likeness (QED) is 0.514. The zero-order chi connectivity index (χ0) is 19.8. The molecular formula is C21H25Cl2NO2S. The van der Waals surface area contributed by atoms with E-state index in [-0.39, 0.29) is 5.91 Å². The first-order valence-corrected chi connectivity index (χ1v) is 10.9. The van der Waals surface area contributed by atoms with Crippen molar-refractivity contribution in [2.45, 2.75) is 39.0 Å². The smallest absolute Gasteiger partial charge is 0.261 e. The first-order chi connectivity index (χ1) is 12.9. The number of benzene rings is 2. The Morgan fingerprint density at radius 1 is 1.15 bits per heavy atom. The third-order valence-electron chi connectivity index (χ3n) is 4.34. The molecule has 27 heavy (non-hydrogen) atoms. The van der Waals surface area contributed by atoms with E-state index < -0.39 is 6.10 Å². The second kappa shape index (κ2) is 10.8. The highest BCUT2D eigenvalue weighted by Crippen LogP contribution is 2.28. The molecule has 0 aliphatic rings. The molecule has 2 aromatic rings. The molecule has 0 aromatic heterocycles. The van der Waals surface area contributed by atoms with Crippen molar-refractivity contribution < 1.29 is 9.53 Å². The number of carbonyl (C=O) groups excluding carboxylic acids is 1. The lowest BCUT2D eigenvalue weighted by atomic mass is 10.1. The lowest BCUT2D eigenvalue weighted by Gasteiger charge is -2.19. The molecule has 2 rings (SSSR count). The molecule has 0 heterocycles. The Morgan fingerprint density at radius 2 is 1.81 bits per heavy atom. The van der Waals surface area contributed by atoms with Gasteiger partial charge in [-0.1, -0.05) is 48.3 Å². The van der Waals surface area contributed by atoms with Gasteiger partial charge in [0.2, 0.25) is 0 Å². The molecule has 0 bridgehead atoms. The molecule has 2 aromatic carbocycles. The van der Waals surface area contributed by atoms with E-state index in [9.17, 15) is 4.79 Å². The number of nitrogens with one attached hydrogen (secondary N) is 1. The van der Waals surface area contributed by atoms with Crippen molar-refractivity contribution in [3.05, 3.63) is 63.1 Å². The number of amides is 1. The molecule has 0 fully saturated rings. The lowest BCUT2D eigenvalue weighted by Crippen LogP contribution is -2.39. The average molecular weight is 426 g/mol. The Morgan fingerprint density at radius 3 is 2.48 bits per heavy atom. The van der Waals surface area contributed by atoms with E-state index in [0.717, 1.165) is 28.2 Å². The van der Waals surface area contributed by atoms with Crippen LogP contribution in [-0.4, -0.2) is 24.3 Å². The van der Waals surface area contributed by atoms with Crippen LogP contribution in [0.3, 0.4) is 0 Å². The molecule has 0 radical (unpaired) electrons. The summed E-state index contributed by atoms with van der Waals surface area (Å²) in [5.74, 6) is 2.16. The fourth-order valence-corrected chi connectivity index (χ4v) is 4.13. The van der Waals surface area contributed by atoms with Crippen molar-refractivity contribution in [1.29, 1.82) is 0 Å². The molecule has 6 heteroatoms. The van der Waals surface area contributed by atoms with Crippen molar-refractivity contribution >= 4 is 40.9 Å². The Balaban J connectivity index is 1.79. The van der Waals surface area contributed by atoms with E-state index in [2.05, 4.69) is 5.32 Å². The van der Waals surface area contributed by atoms with Crippen LogP contribution in [0.4, 0.5) is 0 Å². The summed E-state index contributed by atoms with van der Waals surface area (Å²) < 4.78 is 5.94. The van der Waals surface area contributed by atoms with Crippen LogP contribution >= 0.6 is 35.0 Å². The average Bonchev–Trinajstić information content (AvgIpc) is 2.64. The van der Waals surface area contributed by atoms with Gasteiger partial charge in [0.1, 0.15) is 5.75 Å². The van der Waals surface area contributed by atoms with Gasteiger partial charge in [-0.05, 0) is 55.2 Å². The largest absolute Gasteiger partial charge is 0.480 e. The molecule has 1 amide bonds. The van der Waals surface area contributed by atoms with Crippen LogP contribution in [0.15, 0.2) is 36.4 Å². The minimum Gasteiger partial charge on any atom is -0.480 e. The van der Waals surface area contributed by atoms with Crippen molar-refractivity contribution in [3.8, 4) is 5.75 Å². The standard InChI is InChI=1S/C21H25Cl2NO2S/c1-4-19(26-20-10-5-7-14(2)15(20)3)21(25)24-11-12-27-13-16-17(22)8-6-9-18(16)23/h5-10,19H,4,11-13H2,1-3H3,(H,24,25). The van der Waals surface area contributed by atoms with Gasteiger partial charge >= 0.3 is 0 Å². The summed E-state index contributed by atoms with van der Waals surface area (Å²) in [6.45, 7) is 6.55. The first kappa shape index (κ1) is 21.9. The van der Waals surface area contributed by atoms with Crippen LogP contribution in [0.5, 0.6) is 5.75 Å². The highest BCUT2D eigenvalue weighted by molar-refractivity contribution is 7.98. The van der Waals surface area contributed by atoms with Crippen LogP contribution in [0, 0.1) is 13.8 Å². The zero-order valence-corrected chi connectivity index (χ0v) is 18.2. The summed E-state index contributed by atoms with van der Waals surface area (Å²) in [5, 5.41) is 4.30. The number of thioether (sulfide) groups is 1. The summed E-state index contributed by atoms with van der Waals surface area (Å²) in [5.41, 5.74) is 3.15. The minimum absolute atomic E-state index is 0.0882. The molecule has 1 unspecified atom stereocenters. The van der Waals surface area contributed by atoms with Gasteiger partial charge in [0.05, 0.1) is 0 Å². The van der Waals surface area contributed by atoms with E-state index >= 15 is 0 Å². The highest BCUT2D eigenvalue weighted by Gasteiger charge is 2.19. The first-order valence-electron chi connectivity index (χ1n) is 8.95. The third kappa shape index (κ3) is 6.34. The minimum atomic E-state index is -0.492.